The monoisotopic (exact) mass is 243 g/mol. The molecule has 6 nitrogen and oxygen atoms in total. The van der Waals surface area contributed by atoms with Gasteiger partial charge in [-0.2, -0.15) is 0 Å². The molecular weight excluding hydrogens is 230 g/mol. The van der Waals surface area contributed by atoms with Gasteiger partial charge >= 0.3 is 0 Å². The Morgan fingerprint density at radius 3 is 2.44 bits per heavy atom. The van der Waals surface area contributed by atoms with Crippen LogP contribution in [0.2, 0.25) is 0 Å². The SMILES string of the molecule is CCCNC(=O)CC1C(=O)NC(=S)NC1=O. The Morgan fingerprint density at radius 2 is 1.94 bits per heavy atom. The van der Waals surface area contributed by atoms with Crippen LogP contribution in [0.1, 0.15) is 19.8 Å². The van der Waals surface area contributed by atoms with Gasteiger partial charge in [0.1, 0.15) is 5.92 Å². The molecule has 1 rings (SSSR count). The van der Waals surface area contributed by atoms with Crippen LogP contribution < -0.4 is 16.0 Å². The number of hydrogen-bond acceptors (Lipinski definition) is 4. The number of thiocarbonyl (C=S) groups is 1. The van der Waals surface area contributed by atoms with Crippen LogP contribution in [0, 0.1) is 5.92 Å². The number of carbonyl (C=O) groups excluding carboxylic acids is 3. The van der Waals surface area contributed by atoms with Crippen LogP contribution >= 0.6 is 12.2 Å². The summed E-state index contributed by atoms with van der Waals surface area (Å²) in [5.74, 6) is -2.37. The van der Waals surface area contributed by atoms with E-state index in [1.54, 1.807) is 0 Å². The fourth-order valence-corrected chi connectivity index (χ4v) is 1.46. The van der Waals surface area contributed by atoms with Crippen molar-refractivity contribution in [3.05, 3.63) is 0 Å². The first kappa shape index (κ1) is 12.6. The van der Waals surface area contributed by atoms with Crippen molar-refractivity contribution in [1.29, 1.82) is 0 Å². The molecule has 3 amide bonds. The average Bonchev–Trinajstić information content (AvgIpc) is 2.20. The summed E-state index contributed by atoms with van der Waals surface area (Å²) >= 11 is 4.63. The van der Waals surface area contributed by atoms with Crippen LogP contribution in [0.5, 0.6) is 0 Å². The third-order valence-electron chi connectivity index (χ3n) is 2.07. The molecule has 0 aromatic carbocycles. The van der Waals surface area contributed by atoms with Crippen LogP contribution in [-0.4, -0.2) is 29.4 Å². The van der Waals surface area contributed by atoms with Gasteiger partial charge in [0.15, 0.2) is 5.11 Å². The van der Waals surface area contributed by atoms with Gasteiger partial charge in [0.25, 0.3) is 0 Å². The Kier molecular flexibility index (Phi) is 4.36. The van der Waals surface area contributed by atoms with Gasteiger partial charge in [0.05, 0.1) is 0 Å². The first-order valence-electron chi connectivity index (χ1n) is 4.97. The number of nitrogens with one attached hydrogen (secondary N) is 3. The van der Waals surface area contributed by atoms with E-state index >= 15 is 0 Å². The molecule has 1 aliphatic heterocycles. The van der Waals surface area contributed by atoms with Crippen molar-refractivity contribution in [2.24, 2.45) is 5.92 Å². The molecule has 0 spiro atoms. The van der Waals surface area contributed by atoms with Crippen LogP contribution in [0.15, 0.2) is 0 Å². The van der Waals surface area contributed by atoms with Crippen molar-refractivity contribution in [3.8, 4) is 0 Å². The fraction of sp³-hybridized carbons (Fsp3) is 0.556. The van der Waals surface area contributed by atoms with Gasteiger partial charge in [0, 0.05) is 13.0 Å². The van der Waals surface area contributed by atoms with Crippen molar-refractivity contribution < 1.29 is 14.4 Å². The van der Waals surface area contributed by atoms with Crippen molar-refractivity contribution in [3.63, 3.8) is 0 Å². The molecule has 1 heterocycles. The summed E-state index contributed by atoms with van der Waals surface area (Å²) in [5.41, 5.74) is 0. The molecule has 7 heteroatoms. The average molecular weight is 243 g/mol. The minimum atomic E-state index is -0.997. The van der Waals surface area contributed by atoms with E-state index in [0.717, 1.165) is 6.42 Å². The molecule has 1 saturated heterocycles. The van der Waals surface area contributed by atoms with Crippen molar-refractivity contribution >= 4 is 35.1 Å². The summed E-state index contributed by atoms with van der Waals surface area (Å²) in [6, 6.07) is 0. The predicted octanol–water partition coefficient (Wildman–Crippen LogP) is -0.950. The Bertz CT molecular complexity index is 323. The van der Waals surface area contributed by atoms with E-state index in [-0.39, 0.29) is 17.4 Å². The summed E-state index contributed by atoms with van der Waals surface area (Å²) in [4.78, 5) is 34.1. The van der Waals surface area contributed by atoms with E-state index in [1.165, 1.54) is 0 Å². The van der Waals surface area contributed by atoms with Crippen LogP contribution in [0.25, 0.3) is 0 Å². The quantitative estimate of drug-likeness (QED) is 0.439. The molecule has 0 aliphatic carbocycles. The smallest absolute Gasteiger partial charge is 0.239 e. The summed E-state index contributed by atoms with van der Waals surface area (Å²) in [6.07, 6.45) is 0.652. The maximum absolute atomic E-state index is 11.4. The van der Waals surface area contributed by atoms with E-state index in [1.807, 2.05) is 6.92 Å². The lowest BCUT2D eigenvalue weighted by Crippen LogP contribution is -2.56. The highest BCUT2D eigenvalue weighted by Crippen LogP contribution is 2.07. The van der Waals surface area contributed by atoms with Gasteiger partial charge in [-0.25, -0.2) is 0 Å². The second-order valence-corrected chi connectivity index (χ2v) is 3.82. The van der Waals surface area contributed by atoms with Gasteiger partial charge in [0.2, 0.25) is 17.7 Å². The molecule has 1 aliphatic rings. The first-order valence-corrected chi connectivity index (χ1v) is 5.37. The van der Waals surface area contributed by atoms with Crippen LogP contribution in [0.4, 0.5) is 0 Å². The largest absolute Gasteiger partial charge is 0.356 e. The fourth-order valence-electron chi connectivity index (χ4n) is 1.26. The lowest BCUT2D eigenvalue weighted by Gasteiger charge is -2.21. The summed E-state index contributed by atoms with van der Waals surface area (Å²) in [7, 11) is 0. The molecule has 0 atom stereocenters. The van der Waals surface area contributed by atoms with E-state index in [4.69, 9.17) is 0 Å². The molecule has 3 N–H and O–H groups in total. The molecule has 0 aromatic heterocycles. The Hall–Kier alpha value is -1.50. The first-order chi connectivity index (χ1) is 7.54. The van der Waals surface area contributed by atoms with Gasteiger partial charge in [-0.15, -0.1) is 0 Å². The number of carbonyl (C=O) groups is 3. The second kappa shape index (κ2) is 5.55. The molecule has 88 valence electrons. The third kappa shape index (κ3) is 3.27. The summed E-state index contributed by atoms with van der Waals surface area (Å²) in [5, 5.41) is 7.19. The van der Waals surface area contributed by atoms with Crippen molar-refractivity contribution in [2.75, 3.05) is 6.54 Å². The molecule has 1 fully saturated rings. The van der Waals surface area contributed by atoms with Crippen molar-refractivity contribution in [1.82, 2.24) is 16.0 Å². The minimum Gasteiger partial charge on any atom is -0.356 e. The second-order valence-electron chi connectivity index (χ2n) is 3.41. The molecular formula is C9H13N3O3S. The van der Waals surface area contributed by atoms with Crippen LogP contribution in [0.3, 0.4) is 0 Å². The lowest BCUT2D eigenvalue weighted by molar-refractivity contribution is -0.138. The number of amides is 3. The highest BCUT2D eigenvalue weighted by Gasteiger charge is 2.34. The highest BCUT2D eigenvalue weighted by atomic mass is 32.1. The minimum absolute atomic E-state index is 0.0137. The Labute approximate surface area is 98.1 Å². The molecule has 0 radical (unpaired) electrons. The van der Waals surface area contributed by atoms with Gasteiger partial charge in [-0.1, -0.05) is 6.92 Å². The lowest BCUT2D eigenvalue weighted by atomic mass is 10.0. The van der Waals surface area contributed by atoms with E-state index < -0.39 is 17.7 Å². The zero-order chi connectivity index (χ0) is 12.1. The highest BCUT2D eigenvalue weighted by molar-refractivity contribution is 7.80. The maximum Gasteiger partial charge on any atom is 0.239 e. The van der Waals surface area contributed by atoms with Crippen LogP contribution in [-0.2, 0) is 14.4 Å². The zero-order valence-corrected chi connectivity index (χ0v) is 9.65. The Balaban J connectivity index is 2.52. The molecule has 0 bridgehead atoms. The number of hydrogen-bond donors (Lipinski definition) is 3. The summed E-state index contributed by atoms with van der Waals surface area (Å²) in [6.45, 7) is 2.45. The molecule has 16 heavy (non-hydrogen) atoms. The van der Waals surface area contributed by atoms with Gasteiger partial charge in [-0.3, -0.25) is 14.4 Å². The molecule has 0 saturated carbocycles. The molecule has 0 aromatic rings. The molecule has 0 unspecified atom stereocenters. The normalized spacial score (nSPS) is 16.7. The summed E-state index contributed by atoms with van der Waals surface area (Å²) < 4.78 is 0. The standard InChI is InChI=1S/C9H13N3O3S/c1-2-3-10-6(13)4-5-7(14)11-9(16)12-8(5)15/h5H,2-4H2,1H3,(H,10,13)(H2,11,12,14,15,16). The van der Waals surface area contributed by atoms with Gasteiger partial charge < -0.3 is 16.0 Å². The number of rotatable bonds is 4. The maximum atomic E-state index is 11.4. The Morgan fingerprint density at radius 1 is 1.38 bits per heavy atom. The van der Waals surface area contributed by atoms with E-state index in [0.29, 0.717) is 6.54 Å². The zero-order valence-electron chi connectivity index (χ0n) is 8.83. The van der Waals surface area contributed by atoms with Crippen molar-refractivity contribution in [2.45, 2.75) is 19.8 Å². The third-order valence-corrected chi connectivity index (χ3v) is 2.27. The predicted molar refractivity (Wildman–Crippen MR) is 60.3 cm³/mol. The van der Waals surface area contributed by atoms with E-state index in [2.05, 4.69) is 28.2 Å². The van der Waals surface area contributed by atoms with Gasteiger partial charge in [-0.05, 0) is 18.6 Å². The topological polar surface area (TPSA) is 87.3 Å². The van der Waals surface area contributed by atoms with E-state index in [9.17, 15) is 14.4 Å².